The van der Waals surface area contributed by atoms with Crippen LogP contribution in [0.2, 0.25) is 0 Å². The Labute approximate surface area is 204 Å². The molecule has 2 nitrogen and oxygen atoms in total. The molecule has 0 unspecified atom stereocenters. The van der Waals surface area contributed by atoms with E-state index in [1.54, 1.807) is 0 Å². The molecule has 4 aromatic carbocycles. The number of rotatable bonds is 0. The van der Waals surface area contributed by atoms with Gasteiger partial charge in [0.15, 0.2) is 0 Å². The fraction of sp³-hybridized carbons (Fsp3) is 0.121. The predicted molar refractivity (Wildman–Crippen MR) is 141 cm³/mol. The average Bonchev–Trinajstić information content (AvgIpc) is 3.44. The number of anilines is 3. The summed E-state index contributed by atoms with van der Waals surface area (Å²) in [5, 5.41) is 0. The number of aromatic nitrogens is 1. The van der Waals surface area contributed by atoms with Crippen molar-refractivity contribution < 1.29 is 0 Å². The molecular formula is C33H22N2. The van der Waals surface area contributed by atoms with Gasteiger partial charge < -0.3 is 4.90 Å². The van der Waals surface area contributed by atoms with Crippen LogP contribution in [0.5, 0.6) is 0 Å². The summed E-state index contributed by atoms with van der Waals surface area (Å²) in [5.41, 5.74) is 21.0. The number of para-hydroxylation sites is 1. The van der Waals surface area contributed by atoms with E-state index in [4.69, 9.17) is 4.98 Å². The molecule has 2 aliphatic carbocycles. The summed E-state index contributed by atoms with van der Waals surface area (Å²) in [4.78, 5) is 7.41. The van der Waals surface area contributed by atoms with Gasteiger partial charge in [-0.25, -0.2) is 0 Å². The minimum Gasteiger partial charge on any atom is -0.308 e. The second kappa shape index (κ2) is 6.28. The lowest BCUT2D eigenvalue weighted by molar-refractivity contribution is 0.961. The van der Waals surface area contributed by atoms with E-state index in [9.17, 15) is 0 Å². The van der Waals surface area contributed by atoms with Crippen molar-refractivity contribution in [3.63, 3.8) is 0 Å². The van der Waals surface area contributed by atoms with E-state index in [2.05, 4.69) is 83.8 Å². The van der Waals surface area contributed by atoms with Crippen molar-refractivity contribution in [2.75, 3.05) is 4.90 Å². The normalized spacial score (nSPS) is 14.9. The van der Waals surface area contributed by atoms with Gasteiger partial charge in [-0.05, 0) is 104 Å². The number of fused-ring (bicyclic) bond motifs is 11. The molecule has 0 radical (unpaired) electrons. The molecule has 164 valence electrons. The van der Waals surface area contributed by atoms with Gasteiger partial charge >= 0.3 is 0 Å². The Morgan fingerprint density at radius 2 is 1.31 bits per heavy atom. The van der Waals surface area contributed by atoms with Gasteiger partial charge in [0.05, 0.1) is 17.1 Å². The lowest BCUT2D eigenvalue weighted by Gasteiger charge is -2.39. The Hall–Kier alpha value is -4.17. The minimum atomic E-state index is 0.900. The van der Waals surface area contributed by atoms with Gasteiger partial charge in [-0.2, -0.15) is 0 Å². The van der Waals surface area contributed by atoms with Gasteiger partial charge in [-0.15, -0.1) is 0 Å². The first kappa shape index (κ1) is 18.2. The van der Waals surface area contributed by atoms with Crippen molar-refractivity contribution in [1.82, 2.24) is 4.98 Å². The monoisotopic (exact) mass is 446 g/mol. The maximum Gasteiger partial charge on any atom is 0.0716 e. The number of hydrogen-bond acceptors (Lipinski definition) is 2. The SMILES string of the molecule is c1ccc2c(c1)Cc1cc3c(cc1-2)Cc1ccc2c(c1-3)Cc1nccc3c1N2c1ccccc1C3. The first-order chi connectivity index (χ1) is 17.3. The van der Waals surface area contributed by atoms with Crippen LogP contribution in [0.15, 0.2) is 85.1 Å². The third-order valence-corrected chi connectivity index (χ3v) is 8.55. The number of benzene rings is 4. The fourth-order valence-electron chi connectivity index (χ4n) is 7.08. The highest BCUT2D eigenvalue weighted by molar-refractivity contribution is 5.95. The summed E-state index contributed by atoms with van der Waals surface area (Å²) in [6.45, 7) is 0. The highest BCUT2D eigenvalue weighted by Crippen LogP contribution is 2.54. The second-order valence-corrected chi connectivity index (χ2v) is 10.4. The Kier molecular flexibility index (Phi) is 3.27. The minimum absolute atomic E-state index is 0.900. The molecule has 4 aliphatic rings. The molecule has 3 heterocycles. The Morgan fingerprint density at radius 3 is 2.29 bits per heavy atom. The largest absolute Gasteiger partial charge is 0.308 e. The fourth-order valence-corrected chi connectivity index (χ4v) is 7.08. The van der Waals surface area contributed by atoms with E-state index in [-0.39, 0.29) is 0 Å². The lowest BCUT2D eigenvalue weighted by Crippen LogP contribution is -2.25. The van der Waals surface area contributed by atoms with Crippen LogP contribution in [0.3, 0.4) is 0 Å². The molecule has 35 heavy (non-hydrogen) atoms. The van der Waals surface area contributed by atoms with Gasteiger partial charge in [-0.1, -0.05) is 48.5 Å². The zero-order valence-electron chi connectivity index (χ0n) is 19.3. The van der Waals surface area contributed by atoms with Crippen molar-refractivity contribution in [2.24, 2.45) is 0 Å². The Morgan fingerprint density at radius 1 is 0.543 bits per heavy atom. The molecule has 5 aromatic rings. The van der Waals surface area contributed by atoms with Crippen LogP contribution in [0.25, 0.3) is 22.3 Å². The molecule has 0 amide bonds. The summed E-state index contributed by atoms with van der Waals surface area (Å²) < 4.78 is 0. The van der Waals surface area contributed by atoms with Gasteiger partial charge in [0.2, 0.25) is 0 Å². The molecule has 0 saturated heterocycles. The zero-order chi connectivity index (χ0) is 22.7. The van der Waals surface area contributed by atoms with Crippen molar-refractivity contribution in [3.8, 4) is 22.3 Å². The van der Waals surface area contributed by atoms with E-state index in [0.717, 1.165) is 25.7 Å². The van der Waals surface area contributed by atoms with Gasteiger partial charge in [0.1, 0.15) is 0 Å². The third kappa shape index (κ3) is 2.27. The third-order valence-electron chi connectivity index (χ3n) is 8.55. The number of hydrogen-bond donors (Lipinski definition) is 0. The standard InChI is InChI=1S/C33H22N2/c1-3-7-25-19(5-1)13-23-17-27-24(16-26(23)25)15-21-9-10-31-28(32(21)27)18-29-33-22(11-12-34-29)14-20-6-2-4-8-30(20)35(31)33/h1-12,16-17H,13-15,18H2. The Balaban J connectivity index is 1.28. The van der Waals surface area contributed by atoms with Gasteiger partial charge in [0.25, 0.3) is 0 Å². The van der Waals surface area contributed by atoms with Crippen LogP contribution in [0, 0.1) is 0 Å². The van der Waals surface area contributed by atoms with Crippen LogP contribution in [-0.4, -0.2) is 4.98 Å². The van der Waals surface area contributed by atoms with Crippen molar-refractivity contribution >= 4 is 17.1 Å². The topological polar surface area (TPSA) is 16.1 Å². The quantitative estimate of drug-likeness (QED) is 0.240. The van der Waals surface area contributed by atoms with Gasteiger partial charge in [0, 0.05) is 24.7 Å². The molecule has 9 rings (SSSR count). The van der Waals surface area contributed by atoms with Crippen molar-refractivity contribution in [1.29, 1.82) is 0 Å². The summed E-state index contributed by atoms with van der Waals surface area (Å²) in [5.74, 6) is 0. The first-order valence-corrected chi connectivity index (χ1v) is 12.6. The highest BCUT2D eigenvalue weighted by atomic mass is 15.2. The number of nitrogens with zero attached hydrogens (tertiary/aromatic N) is 2. The molecule has 0 saturated carbocycles. The zero-order valence-corrected chi connectivity index (χ0v) is 19.3. The van der Waals surface area contributed by atoms with Crippen LogP contribution >= 0.6 is 0 Å². The number of pyridine rings is 1. The molecule has 1 aromatic heterocycles. The van der Waals surface area contributed by atoms with E-state index >= 15 is 0 Å². The predicted octanol–water partition coefficient (Wildman–Crippen LogP) is 7.50. The van der Waals surface area contributed by atoms with Crippen LogP contribution < -0.4 is 4.90 Å². The molecule has 2 aliphatic heterocycles. The summed E-state index contributed by atoms with van der Waals surface area (Å²) in [6, 6.07) is 29.7. The summed E-state index contributed by atoms with van der Waals surface area (Å²) >= 11 is 0. The second-order valence-electron chi connectivity index (χ2n) is 10.4. The Bertz CT molecular complexity index is 1760. The molecule has 0 fully saturated rings. The van der Waals surface area contributed by atoms with Crippen LogP contribution in [0.1, 0.15) is 44.6 Å². The highest BCUT2D eigenvalue weighted by Gasteiger charge is 2.36. The summed E-state index contributed by atoms with van der Waals surface area (Å²) in [7, 11) is 0. The summed E-state index contributed by atoms with van der Waals surface area (Å²) in [6.07, 6.45) is 5.94. The van der Waals surface area contributed by atoms with E-state index in [0.29, 0.717) is 0 Å². The maximum absolute atomic E-state index is 4.91. The molecule has 0 atom stereocenters. The van der Waals surface area contributed by atoms with E-state index < -0.39 is 0 Å². The molecule has 0 N–H and O–H groups in total. The van der Waals surface area contributed by atoms with Crippen molar-refractivity contribution in [3.05, 3.63) is 130 Å². The molecule has 0 bridgehead atoms. The van der Waals surface area contributed by atoms with Crippen LogP contribution in [-0.2, 0) is 25.7 Å². The van der Waals surface area contributed by atoms with Crippen LogP contribution in [0.4, 0.5) is 17.1 Å². The molecule has 2 heteroatoms. The van der Waals surface area contributed by atoms with E-state index in [1.807, 2.05) is 6.20 Å². The lowest BCUT2D eigenvalue weighted by atomic mass is 9.85. The average molecular weight is 447 g/mol. The smallest absolute Gasteiger partial charge is 0.0716 e. The maximum atomic E-state index is 4.91. The van der Waals surface area contributed by atoms with Crippen molar-refractivity contribution in [2.45, 2.75) is 25.7 Å². The molecule has 0 spiro atoms. The van der Waals surface area contributed by atoms with Gasteiger partial charge in [-0.3, -0.25) is 4.98 Å². The first-order valence-electron chi connectivity index (χ1n) is 12.6. The van der Waals surface area contributed by atoms with E-state index in [1.165, 1.54) is 84.0 Å². The molecular weight excluding hydrogens is 424 g/mol.